The van der Waals surface area contributed by atoms with Crippen LogP contribution >= 0.6 is 0 Å². The van der Waals surface area contributed by atoms with Crippen LogP contribution in [0.3, 0.4) is 0 Å². The van der Waals surface area contributed by atoms with Gasteiger partial charge in [-0.3, -0.25) is 0 Å². The lowest BCUT2D eigenvalue weighted by atomic mass is 10.2. The Balaban J connectivity index is 3.28. The summed E-state index contributed by atoms with van der Waals surface area (Å²) < 4.78 is 1.51. The Bertz CT molecular complexity index is 341. The fourth-order valence-corrected chi connectivity index (χ4v) is 1.13. The van der Waals surface area contributed by atoms with E-state index in [1.165, 1.54) is 4.68 Å². The summed E-state index contributed by atoms with van der Waals surface area (Å²) in [5, 5.41) is 12.7. The molecule has 0 amide bonds. The minimum absolute atomic E-state index is 0.0335. The van der Waals surface area contributed by atoms with E-state index in [1.807, 2.05) is 13.8 Å². The number of aromatic nitrogens is 2. The zero-order chi connectivity index (χ0) is 10.2. The Morgan fingerprint density at radius 1 is 1.62 bits per heavy atom. The van der Waals surface area contributed by atoms with E-state index in [1.54, 1.807) is 6.92 Å². The minimum Gasteiger partial charge on any atom is -0.476 e. The van der Waals surface area contributed by atoms with Crippen molar-refractivity contribution in [2.24, 2.45) is 0 Å². The van der Waals surface area contributed by atoms with Crippen LogP contribution in [0, 0.1) is 6.92 Å². The second-order valence-electron chi connectivity index (χ2n) is 3.20. The van der Waals surface area contributed by atoms with Crippen LogP contribution in [0.25, 0.3) is 0 Å². The van der Waals surface area contributed by atoms with Crippen molar-refractivity contribution in [3.63, 3.8) is 0 Å². The first kappa shape index (κ1) is 9.57. The number of carboxylic acids is 1. The fourth-order valence-electron chi connectivity index (χ4n) is 1.13. The van der Waals surface area contributed by atoms with Gasteiger partial charge in [0, 0.05) is 11.6 Å². The maximum Gasteiger partial charge on any atom is 0.356 e. The number of nitrogens with zero attached hydrogens (tertiary/aromatic N) is 2. The molecule has 0 saturated heterocycles. The molecule has 0 fully saturated rings. The molecule has 0 spiro atoms. The van der Waals surface area contributed by atoms with E-state index in [0.717, 1.165) is 0 Å². The van der Waals surface area contributed by atoms with Gasteiger partial charge in [-0.2, -0.15) is 5.10 Å². The highest BCUT2D eigenvalue weighted by Gasteiger charge is 2.18. The van der Waals surface area contributed by atoms with Crippen LogP contribution in [0.2, 0.25) is 0 Å². The molecule has 1 aromatic rings. The van der Waals surface area contributed by atoms with Crippen molar-refractivity contribution in [3.8, 4) is 0 Å². The van der Waals surface area contributed by atoms with Crippen LogP contribution in [-0.4, -0.2) is 20.9 Å². The Labute approximate surface area is 76.2 Å². The van der Waals surface area contributed by atoms with E-state index in [9.17, 15) is 4.79 Å². The summed E-state index contributed by atoms with van der Waals surface area (Å²) in [7, 11) is 0. The number of hydrogen-bond acceptors (Lipinski definition) is 3. The molecule has 72 valence electrons. The van der Waals surface area contributed by atoms with Crippen molar-refractivity contribution < 1.29 is 9.90 Å². The monoisotopic (exact) mass is 183 g/mol. The summed E-state index contributed by atoms with van der Waals surface area (Å²) >= 11 is 0. The van der Waals surface area contributed by atoms with Crippen molar-refractivity contribution in [1.29, 1.82) is 0 Å². The predicted octanol–water partition coefficient (Wildman–Crippen LogP) is 1.05. The molecule has 1 rings (SSSR count). The summed E-state index contributed by atoms with van der Waals surface area (Å²) in [6.45, 7) is 5.45. The number of rotatable bonds is 2. The van der Waals surface area contributed by atoms with Crippen LogP contribution in [-0.2, 0) is 0 Å². The second-order valence-corrected chi connectivity index (χ2v) is 3.20. The van der Waals surface area contributed by atoms with Gasteiger partial charge in [0.05, 0.1) is 0 Å². The summed E-state index contributed by atoms with van der Waals surface area (Å²) in [5.74, 6) is -0.615. The first-order valence-electron chi connectivity index (χ1n) is 4.03. The fraction of sp³-hybridized carbons (Fsp3) is 0.500. The van der Waals surface area contributed by atoms with Crippen LogP contribution in [0.5, 0.6) is 0 Å². The van der Waals surface area contributed by atoms with E-state index in [2.05, 4.69) is 5.10 Å². The highest BCUT2D eigenvalue weighted by atomic mass is 16.4. The van der Waals surface area contributed by atoms with Gasteiger partial charge >= 0.3 is 5.97 Å². The zero-order valence-corrected chi connectivity index (χ0v) is 7.90. The number of hydrogen-bond donors (Lipinski definition) is 2. The number of carbonyl (C=O) groups is 1. The summed E-state index contributed by atoms with van der Waals surface area (Å²) in [5.41, 5.74) is 6.24. The Kier molecular flexibility index (Phi) is 2.27. The van der Waals surface area contributed by atoms with Gasteiger partial charge < -0.3 is 10.8 Å². The van der Waals surface area contributed by atoms with Gasteiger partial charge in [-0.25, -0.2) is 9.48 Å². The van der Waals surface area contributed by atoms with Gasteiger partial charge in [0.25, 0.3) is 0 Å². The average Bonchev–Trinajstić information content (AvgIpc) is 2.29. The highest BCUT2D eigenvalue weighted by molar-refractivity contribution is 5.88. The van der Waals surface area contributed by atoms with Gasteiger partial charge in [-0.15, -0.1) is 0 Å². The lowest BCUT2D eigenvalue weighted by Gasteiger charge is -2.06. The Hall–Kier alpha value is -1.52. The first-order chi connectivity index (χ1) is 5.95. The number of nitrogens with two attached hydrogens (primary N) is 1. The molecule has 0 radical (unpaired) electrons. The zero-order valence-electron chi connectivity index (χ0n) is 7.90. The molecule has 5 heteroatoms. The quantitative estimate of drug-likeness (QED) is 0.718. The predicted molar refractivity (Wildman–Crippen MR) is 48.7 cm³/mol. The molecule has 1 aromatic heterocycles. The topological polar surface area (TPSA) is 81.1 Å². The molecular formula is C8H13N3O2. The lowest BCUT2D eigenvalue weighted by molar-refractivity contribution is 0.0688. The molecule has 13 heavy (non-hydrogen) atoms. The molecular weight excluding hydrogens is 170 g/mol. The second kappa shape index (κ2) is 3.08. The van der Waals surface area contributed by atoms with Crippen molar-refractivity contribution in [2.75, 3.05) is 5.73 Å². The smallest absolute Gasteiger partial charge is 0.356 e. The third-order valence-corrected chi connectivity index (χ3v) is 1.89. The van der Waals surface area contributed by atoms with E-state index < -0.39 is 5.97 Å². The van der Waals surface area contributed by atoms with Crippen LogP contribution in [0.15, 0.2) is 0 Å². The van der Waals surface area contributed by atoms with Gasteiger partial charge in [0.15, 0.2) is 5.69 Å². The maximum absolute atomic E-state index is 10.7. The normalized spacial score (nSPS) is 10.8. The summed E-state index contributed by atoms with van der Waals surface area (Å²) in [6, 6.07) is 0.0757. The lowest BCUT2D eigenvalue weighted by Crippen LogP contribution is -2.07. The molecule has 5 nitrogen and oxygen atoms in total. The maximum atomic E-state index is 10.7. The summed E-state index contributed by atoms with van der Waals surface area (Å²) in [6.07, 6.45) is 0. The molecule has 0 aromatic carbocycles. The third kappa shape index (κ3) is 1.49. The number of anilines is 1. The van der Waals surface area contributed by atoms with Crippen molar-refractivity contribution in [2.45, 2.75) is 26.8 Å². The molecule has 3 N–H and O–H groups in total. The third-order valence-electron chi connectivity index (χ3n) is 1.89. The molecule has 0 aliphatic carbocycles. The van der Waals surface area contributed by atoms with Gasteiger partial charge in [0.2, 0.25) is 0 Å². The van der Waals surface area contributed by atoms with E-state index >= 15 is 0 Å². The highest BCUT2D eigenvalue weighted by Crippen LogP contribution is 2.19. The molecule has 0 aliphatic rings. The Morgan fingerprint density at radius 2 is 2.15 bits per heavy atom. The summed E-state index contributed by atoms with van der Waals surface area (Å²) in [4.78, 5) is 10.7. The van der Waals surface area contributed by atoms with Crippen molar-refractivity contribution in [3.05, 3.63) is 11.3 Å². The average molecular weight is 183 g/mol. The Morgan fingerprint density at radius 3 is 2.38 bits per heavy atom. The largest absolute Gasteiger partial charge is 0.476 e. The van der Waals surface area contributed by atoms with Crippen LogP contribution in [0.4, 0.5) is 5.82 Å². The standard InChI is InChI=1S/C8H13N3O2/c1-4(2)11-7(9)5(3)6(10-11)8(12)13/h4H,9H2,1-3H3,(H,12,13). The van der Waals surface area contributed by atoms with Gasteiger partial charge in [-0.1, -0.05) is 0 Å². The molecule has 0 aliphatic heterocycles. The molecule has 0 unspecified atom stereocenters. The minimum atomic E-state index is -1.04. The molecule has 0 atom stereocenters. The number of carboxylic acid groups (broad SMARTS) is 1. The van der Waals surface area contributed by atoms with E-state index in [-0.39, 0.29) is 11.7 Å². The SMILES string of the molecule is Cc1c(C(=O)O)nn(C(C)C)c1N. The molecule has 1 heterocycles. The molecule has 0 saturated carbocycles. The first-order valence-corrected chi connectivity index (χ1v) is 4.03. The van der Waals surface area contributed by atoms with Gasteiger partial charge in [-0.05, 0) is 20.8 Å². The van der Waals surface area contributed by atoms with Gasteiger partial charge in [0.1, 0.15) is 5.82 Å². The van der Waals surface area contributed by atoms with E-state index in [4.69, 9.17) is 10.8 Å². The van der Waals surface area contributed by atoms with Crippen molar-refractivity contribution in [1.82, 2.24) is 9.78 Å². The van der Waals surface area contributed by atoms with Crippen molar-refractivity contribution >= 4 is 11.8 Å². The number of nitrogen functional groups attached to an aromatic ring is 1. The van der Waals surface area contributed by atoms with E-state index in [0.29, 0.717) is 11.4 Å². The molecule has 0 bridgehead atoms. The number of aromatic carboxylic acids is 1. The van der Waals surface area contributed by atoms with Crippen LogP contribution in [0.1, 0.15) is 35.9 Å². The van der Waals surface area contributed by atoms with Crippen LogP contribution < -0.4 is 5.73 Å².